The van der Waals surface area contributed by atoms with E-state index in [9.17, 15) is 4.79 Å². The van der Waals surface area contributed by atoms with Gasteiger partial charge in [0.05, 0.1) is 18.8 Å². The number of aromatic nitrogens is 1. The van der Waals surface area contributed by atoms with Gasteiger partial charge in [-0.25, -0.2) is 0 Å². The molecule has 3 aromatic rings. The molecule has 9 heteroatoms. The second-order valence-electron chi connectivity index (χ2n) is 7.60. The smallest absolute Gasteiger partial charge is 0.283 e. The molecule has 0 unspecified atom stereocenters. The number of rotatable bonds is 8. The topological polar surface area (TPSA) is 100 Å². The summed E-state index contributed by atoms with van der Waals surface area (Å²) in [5, 5.41) is 15.4. The second kappa shape index (κ2) is 10.4. The Hall–Kier alpha value is -4.24. The first-order chi connectivity index (χ1) is 17.2. The second-order valence-corrected chi connectivity index (χ2v) is 8.56. The van der Waals surface area contributed by atoms with E-state index in [0.717, 1.165) is 29.0 Å². The molecule has 1 N–H and O–H groups in total. The lowest BCUT2D eigenvalue weighted by Gasteiger charge is -2.20. The summed E-state index contributed by atoms with van der Waals surface area (Å²) >= 11 is 1.25. The third kappa shape index (κ3) is 5.30. The first-order valence-electron chi connectivity index (χ1n) is 11.0. The van der Waals surface area contributed by atoms with Gasteiger partial charge >= 0.3 is 0 Å². The quantitative estimate of drug-likeness (QED) is 0.371. The minimum absolute atomic E-state index is 0.00914. The van der Waals surface area contributed by atoms with Crippen molar-refractivity contribution in [1.29, 1.82) is 5.41 Å². The zero-order valence-corrected chi connectivity index (χ0v) is 19.4. The molecular weight excluding hydrogens is 462 g/mol. The third-order valence-corrected chi connectivity index (χ3v) is 6.08. The molecule has 0 radical (unpaired) electrons. The molecule has 3 heterocycles. The predicted molar refractivity (Wildman–Crippen MR) is 137 cm³/mol. The molecule has 0 aliphatic carbocycles. The summed E-state index contributed by atoms with van der Waals surface area (Å²) < 4.78 is 11.4. The molecule has 2 aliphatic heterocycles. The van der Waals surface area contributed by atoms with Crippen molar-refractivity contribution in [3.8, 4) is 11.5 Å². The van der Waals surface area contributed by atoms with Crippen LogP contribution in [-0.2, 0) is 4.79 Å². The van der Waals surface area contributed by atoms with Crippen LogP contribution < -0.4 is 9.47 Å². The third-order valence-electron chi connectivity index (χ3n) is 5.12. The van der Waals surface area contributed by atoms with Crippen molar-refractivity contribution in [3.63, 3.8) is 0 Å². The van der Waals surface area contributed by atoms with Crippen LogP contribution in [0.3, 0.4) is 0 Å². The molecule has 0 saturated heterocycles. The van der Waals surface area contributed by atoms with Crippen molar-refractivity contribution in [2.24, 2.45) is 10.1 Å². The van der Waals surface area contributed by atoms with Crippen molar-refractivity contribution in [2.75, 3.05) is 13.2 Å². The van der Waals surface area contributed by atoms with Gasteiger partial charge in [-0.2, -0.15) is 15.1 Å². The number of hydrogen-bond donors (Lipinski definition) is 1. The van der Waals surface area contributed by atoms with Gasteiger partial charge < -0.3 is 9.47 Å². The number of carbonyl (C=O) groups excluding carboxylic acids is 1. The van der Waals surface area contributed by atoms with E-state index < -0.39 is 5.91 Å². The van der Waals surface area contributed by atoms with Crippen molar-refractivity contribution in [3.05, 3.63) is 95.8 Å². The summed E-state index contributed by atoms with van der Waals surface area (Å²) in [6.07, 6.45) is 5.76. The number of nitrogens with zero attached hydrogens (tertiary/aromatic N) is 4. The Balaban J connectivity index is 1.19. The normalized spacial score (nSPS) is 16.1. The lowest BCUT2D eigenvalue weighted by atomic mass is 10.1. The molecular formula is C26H21N5O3S. The molecule has 0 bridgehead atoms. The highest BCUT2D eigenvalue weighted by Gasteiger charge is 2.36. The number of para-hydroxylation sites is 1. The van der Waals surface area contributed by atoms with Gasteiger partial charge in [0.1, 0.15) is 16.5 Å². The Morgan fingerprint density at radius 1 is 0.943 bits per heavy atom. The van der Waals surface area contributed by atoms with Crippen molar-refractivity contribution < 1.29 is 14.3 Å². The first-order valence-corrected chi connectivity index (χ1v) is 11.8. The van der Waals surface area contributed by atoms with Gasteiger partial charge in [-0.05, 0) is 59.8 Å². The summed E-state index contributed by atoms with van der Waals surface area (Å²) in [5.74, 6) is 1.09. The van der Waals surface area contributed by atoms with Crippen molar-refractivity contribution in [1.82, 2.24) is 9.99 Å². The van der Waals surface area contributed by atoms with Crippen LogP contribution in [0.2, 0.25) is 0 Å². The van der Waals surface area contributed by atoms with E-state index in [0.29, 0.717) is 23.4 Å². The summed E-state index contributed by atoms with van der Waals surface area (Å²) in [5.41, 5.74) is 1.75. The van der Waals surface area contributed by atoms with Gasteiger partial charge in [-0.1, -0.05) is 30.3 Å². The lowest BCUT2D eigenvalue weighted by molar-refractivity contribution is -0.114. The number of benzene rings is 2. The SMILES string of the molecule is N=C1C(=Cc2ccc(OCCCOc3ccccc3)cc2)C(=O)N=C2SC(c3cccnc3)=NN12. The molecule has 1 amide bonds. The summed E-state index contributed by atoms with van der Waals surface area (Å²) in [4.78, 5) is 20.9. The van der Waals surface area contributed by atoms with Crippen molar-refractivity contribution >= 4 is 39.8 Å². The van der Waals surface area contributed by atoms with Gasteiger partial charge in [0.25, 0.3) is 5.91 Å². The van der Waals surface area contributed by atoms with Gasteiger partial charge in [0.15, 0.2) is 5.84 Å². The Kier molecular flexibility index (Phi) is 6.67. The van der Waals surface area contributed by atoms with Gasteiger partial charge in [-0.3, -0.25) is 15.2 Å². The van der Waals surface area contributed by atoms with E-state index in [1.54, 1.807) is 18.5 Å². The fourth-order valence-electron chi connectivity index (χ4n) is 3.38. The van der Waals surface area contributed by atoms with Crippen LogP contribution in [0, 0.1) is 5.41 Å². The molecule has 0 spiro atoms. The minimum Gasteiger partial charge on any atom is -0.493 e. The average Bonchev–Trinajstić information content (AvgIpc) is 3.32. The summed E-state index contributed by atoms with van der Waals surface area (Å²) in [7, 11) is 0. The van der Waals surface area contributed by atoms with E-state index in [1.165, 1.54) is 16.8 Å². The van der Waals surface area contributed by atoms with Gasteiger partial charge in [0, 0.05) is 24.4 Å². The number of amides is 1. The highest BCUT2D eigenvalue weighted by atomic mass is 32.2. The predicted octanol–water partition coefficient (Wildman–Crippen LogP) is 4.60. The molecule has 0 saturated carbocycles. The maximum Gasteiger partial charge on any atom is 0.283 e. The zero-order valence-electron chi connectivity index (χ0n) is 18.6. The standard InChI is InChI=1S/C26H21N5O3S/c27-23-22(24(32)29-26-31(23)30-25(35-26)19-6-4-13-28-17-19)16-18-9-11-21(12-10-18)34-15-5-14-33-20-7-2-1-3-8-20/h1-4,6-13,16-17,27H,5,14-15H2. The molecule has 1 aromatic heterocycles. The molecule has 2 aliphatic rings. The molecule has 2 aromatic carbocycles. The van der Waals surface area contributed by atoms with E-state index >= 15 is 0 Å². The number of aliphatic imine (C=N–C) groups is 1. The number of nitrogens with one attached hydrogen (secondary N) is 1. The number of amidine groups is 2. The van der Waals surface area contributed by atoms with E-state index in [-0.39, 0.29) is 11.4 Å². The molecule has 174 valence electrons. The van der Waals surface area contributed by atoms with Crippen molar-refractivity contribution in [2.45, 2.75) is 6.42 Å². The minimum atomic E-state index is -0.463. The molecule has 0 fully saturated rings. The fourth-order valence-corrected chi connectivity index (χ4v) is 4.26. The lowest BCUT2D eigenvalue weighted by Crippen LogP contribution is -2.35. The van der Waals surface area contributed by atoms with Crippen LogP contribution >= 0.6 is 11.8 Å². The fraction of sp³-hybridized carbons (Fsp3) is 0.115. The maximum absolute atomic E-state index is 12.6. The van der Waals surface area contributed by atoms with Crippen LogP contribution in [0.15, 0.2) is 94.8 Å². The molecule has 0 atom stereocenters. The summed E-state index contributed by atoms with van der Waals surface area (Å²) in [6, 6.07) is 20.7. The first kappa shape index (κ1) is 22.5. The summed E-state index contributed by atoms with van der Waals surface area (Å²) in [6.45, 7) is 1.10. The highest BCUT2D eigenvalue weighted by molar-refractivity contribution is 8.27. The number of hydrazone groups is 1. The largest absolute Gasteiger partial charge is 0.493 e. The maximum atomic E-state index is 12.6. The Bertz CT molecular complexity index is 1320. The number of pyridine rings is 1. The van der Waals surface area contributed by atoms with Crippen LogP contribution in [0.5, 0.6) is 11.5 Å². The molecule has 8 nitrogen and oxygen atoms in total. The number of carbonyl (C=O) groups is 1. The van der Waals surface area contributed by atoms with Gasteiger partial charge in [0.2, 0.25) is 5.17 Å². The van der Waals surface area contributed by atoms with Crippen LogP contribution in [0.25, 0.3) is 6.08 Å². The van der Waals surface area contributed by atoms with Crippen LogP contribution in [0.4, 0.5) is 0 Å². The number of fused-ring (bicyclic) bond motifs is 1. The highest BCUT2D eigenvalue weighted by Crippen LogP contribution is 2.30. The Morgan fingerprint density at radius 3 is 2.40 bits per heavy atom. The Morgan fingerprint density at radius 2 is 1.69 bits per heavy atom. The number of ether oxygens (including phenoxy) is 2. The Labute approximate surface area is 206 Å². The van der Waals surface area contributed by atoms with Crippen LogP contribution in [-0.4, -0.2) is 45.2 Å². The van der Waals surface area contributed by atoms with E-state index in [2.05, 4.69) is 15.1 Å². The zero-order chi connectivity index (χ0) is 24.0. The van der Waals surface area contributed by atoms with Gasteiger partial charge in [-0.15, -0.1) is 0 Å². The average molecular weight is 484 g/mol. The molecule has 5 rings (SSSR count). The number of thioether (sulfide) groups is 1. The monoisotopic (exact) mass is 483 g/mol. The van der Waals surface area contributed by atoms with Crippen LogP contribution in [0.1, 0.15) is 17.5 Å². The van der Waals surface area contributed by atoms with E-state index in [1.807, 2.05) is 66.7 Å². The van der Waals surface area contributed by atoms with E-state index in [4.69, 9.17) is 14.9 Å². The molecule has 35 heavy (non-hydrogen) atoms. The number of hydrogen-bond acceptors (Lipinski definition) is 7.